The zero-order valence-electron chi connectivity index (χ0n) is 16.4. The Morgan fingerprint density at radius 1 is 0.970 bits per heavy atom. The van der Waals surface area contributed by atoms with Gasteiger partial charge in [-0.05, 0) is 24.1 Å². The fraction of sp³-hybridized carbons (Fsp3) is 0.200. The largest absolute Gasteiger partial charge is 0.433 e. The number of hydrogen-bond acceptors (Lipinski definition) is 5. The normalized spacial score (nSPS) is 11.9. The van der Waals surface area contributed by atoms with Crippen molar-refractivity contribution in [3.8, 4) is 0 Å². The maximum Gasteiger partial charge on any atom is 0.433 e. The van der Waals surface area contributed by atoms with Gasteiger partial charge in [0.05, 0.1) is 10.5 Å². The molecule has 0 aliphatic carbocycles. The molecular weight excluding hydrogens is 458 g/mol. The summed E-state index contributed by atoms with van der Waals surface area (Å²) in [5.74, 6) is -0.700. The van der Waals surface area contributed by atoms with Crippen molar-refractivity contribution in [3.63, 3.8) is 0 Å². The lowest BCUT2D eigenvalue weighted by Gasteiger charge is -2.16. The summed E-state index contributed by atoms with van der Waals surface area (Å²) in [7, 11) is 0. The Bertz CT molecular complexity index is 1220. The van der Waals surface area contributed by atoms with Gasteiger partial charge in [-0.1, -0.05) is 30.3 Å². The average Bonchev–Trinajstić information content (AvgIpc) is 2.72. The van der Waals surface area contributed by atoms with E-state index in [1.165, 1.54) is 0 Å². The number of alkyl halides is 6. The molecule has 1 aromatic heterocycles. The van der Waals surface area contributed by atoms with Crippen molar-refractivity contribution in [1.29, 1.82) is 0 Å². The summed E-state index contributed by atoms with van der Waals surface area (Å²) in [6, 6.07) is 10.3. The van der Waals surface area contributed by atoms with E-state index < -0.39 is 51.4 Å². The fourth-order valence-electron chi connectivity index (χ4n) is 2.93. The summed E-state index contributed by atoms with van der Waals surface area (Å²) in [6.45, 7) is -0.148. The quantitative estimate of drug-likeness (QED) is 0.304. The Morgan fingerprint density at radius 3 is 2.21 bits per heavy atom. The van der Waals surface area contributed by atoms with E-state index in [9.17, 15) is 41.3 Å². The van der Waals surface area contributed by atoms with Crippen LogP contribution in [0.4, 0.5) is 43.7 Å². The summed E-state index contributed by atoms with van der Waals surface area (Å²) in [5, 5.41) is 13.5. The zero-order valence-corrected chi connectivity index (χ0v) is 16.4. The summed E-state index contributed by atoms with van der Waals surface area (Å²) in [5.41, 5.74) is -4.83. The van der Waals surface area contributed by atoms with Crippen molar-refractivity contribution in [3.05, 3.63) is 91.9 Å². The van der Waals surface area contributed by atoms with Crippen LogP contribution in [0.1, 0.15) is 16.8 Å². The van der Waals surface area contributed by atoms with Crippen molar-refractivity contribution < 1.29 is 31.3 Å². The number of nitrogens with zero attached hydrogens (tertiary/aromatic N) is 3. The molecule has 0 radical (unpaired) electrons. The van der Waals surface area contributed by atoms with Gasteiger partial charge >= 0.3 is 12.4 Å². The van der Waals surface area contributed by atoms with E-state index in [1.807, 2.05) is 0 Å². The highest BCUT2D eigenvalue weighted by atomic mass is 19.4. The number of halogens is 6. The molecule has 0 aliphatic rings. The third kappa shape index (κ3) is 5.67. The minimum atomic E-state index is -5.00. The van der Waals surface area contributed by atoms with E-state index in [1.54, 1.807) is 30.3 Å². The molecule has 1 heterocycles. The van der Waals surface area contributed by atoms with E-state index in [0.29, 0.717) is 12.1 Å². The highest BCUT2D eigenvalue weighted by molar-refractivity contribution is 5.67. The van der Waals surface area contributed by atoms with Crippen molar-refractivity contribution in [1.82, 2.24) is 9.55 Å². The SMILES string of the molecule is O=c1cc(C(F)(F)F)nc(Nc2ccc(C(F)(F)F)cc2[N+](=O)[O-])n1CCc1ccccc1. The molecule has 0 spiro atoms. The molecule has 174 valence electrons. The standard InChI is InChI=1S/C20H14F6N4O3/c21-19(22,23)13-6-7-14(15(10-13)30(32)33)27-18-28-16(20(24,25)26)11-17(31)29(18)9-8-12-4-2-1-3-5-12/h1-7,10-11H,8-9H2,(H,27,28). The van der Waals surface area contributed by atoms with Crippen LogP contribution in [0.25, 0.3) is 0 Å². The number of nitrogens with one attached hydrogen (secondary N) is 1. The van der Waals surface area contributed by atoms with E-state index in [2.05, 4.69) is 10.3 Å². The Kier molecular flexibility index (Phi) is 6.42. The fourth-order valence-corrected chi connectivity index (χ4v) is 2.93. The Labute approximate surface area is 181 Å². The first kappa shape index (κ1) is 23.8. The van der Waals surface area contributed by atoms with Crippen LogP contribution in [0.3, 0.4) is 0 Å². The molecule has 0 aliphatic heterocycles. The predicted molar refractivity (Wildman–Crippen MR) is 105 cm³/mol. The second-order valence-corrected chi connectivity index (χ2v) is 6.80. The van der Waals surface area contributed by atoms with Gasteiger partial charge in [-0.25, -0.2) is 4.98 Å². The molecule has 7 nitrogen and oxygen atoms in total. The van der Waals surface area contributed by atoms with Crippen LogP contribution in [-0.2, 0) is 25.3 Å². The summed E-state index contributed by atoms with van der Waals surface area (Å²) >= 11 is 0. The lowest BCUT2D eigenvalue weighted by Crippen LogP contribution is -2.27. The molecule has 3 rings (SSSR count). The summed E-state index contributed by atoms with van der Waals surface area (Å²) < 4.78 is 79.2. The third-order valence-electron chi connectivity index (χ3n) is 4.53. The number of aryl methyl sites for hydroxylation is 1. The van der Waals surface area contributed by atoms with Crippen LogP contribution < -0.4 is 10.9 Å². The maximum atomic E-state index is 13.2. The van der Waals surface area contributed by atoms with Crippen LogP contribution in [-0.4, -0.2) is 14.5 Å². The topological polar surface area (TPSA) is 90.1 Å². The lowest BCUT2D eigenvalue weighted by atomic mass is 10.1. The summed E-state index contributed by atoms with van der Waals surface area (Å²) in [6.07, 6.45) is -9.67. The van der Waals surface area contributed by atoms with E-state index in [4.69, 9.17) is 0 Å². The van der Waals surface area contributed by atoms with Crippen LogP contribution in [0.15, 0.2) is 59.4 Å². The molecule has 0 amide bonds. The molecule has 1 N–H and O–H groups in total. The minimum Gasteiger partial charge on any atom is -0.320 e. The van der Waals surface area contributed by atoms with Crippen LogP contribution >= 0.6 is 0 Å². The van der Waals surface area contributed by atoms with Gasteiger partial charge in [0.1, 0.15) is 5.69 Å². The van der Waals surface area contributed by atoms with Gasteiger partial charge in [0.15, 0.2) is 5.69 Å². The van der Waals surface area contributed by atoms with Crippen LogP contribution in [0.5, 0.6) is 0 Å². The van der Waals surface area contributed by atoms with Crippen LogP contribution in [0.2, 0.25) is 0 Å². The molecule has 0 atom stereocenters. The summed E-state index contributed by atoms with van der Waals surface area (Å²) in [4.78, 5) is 26.0. The van der Waals surface area contributed by atoms with Crippen molar-refractivity contribution in [2.24, 2.45) is 0 Å². The van der Waals surface area contributed by atoms with E-state index in [0.717, 1.165) is 10.1 Å². The smallest absolute Gasteiger partial charge is 0.320 e. The molecule has 13 heteroatoms. The van der Waals surface area contributed by atoms with Gasteiger partial charge in [0.2, 0.25) is 5.95 Å². The highest BCUT2D eigenvalue weighted by Crippen LogP contribution is 2.36. The first-order valence-corrected chi connectivity index (χ1v) is 9.22. The molecule has 0 saturated heterocycles. The van der Waals surface area contributed by atoms with E-state index in [-0.39, 0.29) is 25.1 Å². The molecule has 2 aromatic carbocycles. The second-order valence-electron chi connectivity index (χ2n) is 6.80. The molecule has 0 fully saturated rings. The lowest BCUT2D eigenvalue weighted by molar-refractivity contribution is -0.384. The molecule has 3 aromatic rings. The monoisotopic (exact) mass is 472 g/mol. The van der Waals surface area contributed by atoms with Crippen molar-refractivity contribution in [2.75, 3.05) is 5.32 Å². The third-order valence-corrected chi connectivity index (χ3v) is 4.53. The molecule has 0 saturated carbocycles. The van der Waals surface area contributed by atoms with Gasteiger partial charge in [-0.3, -0.25) is 19.5 Å². The zero-order chi connectivity index (χ0) is 24.4. The number of aromatic nitrogens is 2. The highest BCUT2D eigenvalue weighted by Gasteiger charge is 2.35. The predicted octanol–water partition coefficient (Wildman–Crippen LogP) is 5.18. The molecule has 0 bridgehead atoms. The number of hydrogen-bond donors (Lipinski definition) is 1. The molecular formula is C20H14F6N4O3. The number of nitro groups is 1. The van der Waals surface area contributed by atoms with Gasteiger partial charge < -0.3 is 5.32 Å². The number of rotatable bonds is 6. The number of anilines is 2. The van der Waals surface area contributed by atoms with Gasteiger partial charge in [0, 0.05) is 18.7 Å². The van der Waals surface area contributed by atoms with E-state index >= 15 is 0 Å². The Morgan fingerprint density at radius 2 is 1.64 bits per heavy atom. The number of nitro benzene ring substituents is 1. The molecule has 0 unspecified atom stereocenters. The van der Waals surface area contributed by atoms with Crippen LogP contribution in [0, 0.1) is 10.1 Å². The van der Waals surface area contributed by atoms with Gasteiger partial charge in [-0.15, -0.1) is 0 Å². The Balaban J connectivity index is 2.07. The molecule has 33 heavy (non-hydrogen) atoms. The average molecular weight is 472 g/mol. The maximum absolute atomic E-state index is 13.2. The van der Waals surface area contributed by atoms with Crippen molar-refractivity contribution >= 4 is 17.3 Å². The Hall–Kier alpha value is -3.90. The number of benzene rings is 2. The first-order valence-electron chi connectivity index (χ1n) is 9.22. The minimum absolute atomic E-state index is 0.148. The second kappa shape index (κ2) is 8.92. The van der Waals surface area contributed by atoms with Crippen molar-refractivity contribution in [2.45, 2.75) is 25.3 Å². The van der Waals surface area contributed by atoms with Gasteiger partial charge in [-0.2, -0.15) is 26.3 Å². The first-order chi connectivity index (χ1) is 15.4. The van der Waals surface area contributed by atoms with Gasteiger partial charge in [0.25, 0.3) is 11.2 Å².